The van der Waals surface area contributed by atoms with Gasteiger partial charge in [0.1, 0.15) is 16.5 Å². The molecule has 2 aromatic rings. The van der Waals surface area contributed by atoms with Gasteiger partial charge in [-0.15, -0.1) is 11.3 Å². The zero-order chi connectivity index (χ0) is 17.5. The molecule has 2 aromatic heterocycles. The number of fused-ring (bicyclic) bond motifs is 3. The maximum atomic E-state index is 5.61. The summed E-state index contributed by atoms with van der Waals surface area (Å²) in [6.07, 6.45) is 10.3. The van der Waals surface area contributed by atoms with Crippen LogP contribution >= 0.6 is 11.3 Å². The second-order valence-corrected chi connectivity index (χ2v) is 9.46. The van der Waals surface area contributed by atoms with Gasteiger partial charge in [0.2, 0.25) is 0 Å². The van der Waals surface area contributed by atoms with Crippen molar-refractivity contribution < 1.29 is 4.74 Å². The van der Waals surface area contributed by atoms with Crippen molar-refractivity contribution in [1.82, 2.24) is 9.97 Å². The summed E-state index contributed by atoms with van der Waals surface area (Å²) in [5.74, 6) is 3.69. The lowest BCUT2D eigenvalue weighted by atomic mass is 9.88. The van der Waals surface area contributed by atoms with Crippen LogP contribution in [-0.2, 0) is 17.6 Å². The second kappa shape index (κ2) is 7.08. The zero-order valence-corrected chi connectivity index (χ0v) is 16.6. The molecular weight excluding hydrogens is 342 g/mol. The zero-order valence-electron chi connectivity index (χ0n) is 15.8. The smallest absolute Gasteiger partial charge is 0.141 e. The Kier molecular flexibility index (Phi) is 4.61. The van der Waals surface area contributed by atoms with Crippen LogP contribution in [-0.4, -0.2) is 36.3 Å². The van der Waals surface area contributed by atoms with Crippen LogP contribution in [0, 0.1) is 5.92 Å². The van der Waals surface area contributed by atoms with Gasteiger partial charge in [-0.2, -0.15) is 0 Å². The molecule has 4 nitrogen and oxygen atoms in total. The largest absolute Gasteiger partial charge is 0.378 e. The van der Waals surface area contributed by atoms with Crippen molar-refractivity contribution in [3.8, 4) is 0 Å². The maximum Gasteiger partial charge on any atom is 0.141 e. The Morgan fingerprint density at radius 2 is 1.85 bits per heavy atom. The van der Waals surface area contributed by atoms with E-state index in [1.54, 1.807) is 10.4 Å². The van der Waals surface area contributed by atoms with Gasteiger partial charge in [-0.1, -0.05) is 26.2 Å². The van der Waals surface area contributed by atoms with E-state index in [0.29, 0.717) is 5.92 Å². The van der Waals surface area contributed by atoms with Crippen molar-refractivity contribution in [1.29, 1.82) is 0 Å². The molecule has 0 spiro atoms. The molecule has 140 valence electrons. The Bertz CT molecular complexity index is 790. The Morgan fingerprint density at radius 1 is 1.04 bits per heavy atom. The minimum absolute atomic E-state index is 0.561. The van der Waals surface area contributed by atoms with Crippen LogP contribution in [0.3, 0.4) is 0 Å². The molecule has 0 aromatic carbocycles. The van der Waals surface area contributed by atoms with Crippen LogP contribution in [0.5, 0.6) is 0 Å². The van der Waals surface area contributed by atoms with Gasteiger partial charge in [-0.3, -0.25) is 0 Å². The molecule has 2 fully saturated rings. The third-order valence-corrected chi connectivity index (χ3v) is 7.58. The lowest BCUT2D eigenvalue weighted by molar-refractivity contribution is 0.122. The topological polar surface area (TPSA) is 38.2 Å². The average molecular weight is 372 g/mol. The summed E-state index contributed by atoms with van der Waals surface area (Å²) in [6, 6.07) is 0. The molecule has 0 bridgehead atoms. The van der Waals surface area contributed by atoms with E-state index in [0.717, 1.165) is 38.0 Å². The number of morpholine rings is 1. The summed E-state index contributed by atoms with van der Waals surface area (Å²) in [5.41, 5.74) is 1.56. The highest BCUT2D eigenvalue weighted by Gasteiger charge is 2.28. The van der Waals surface area contributed by atoms with Crippen molar-refractivity contribution in [2.75, 3.05) is 31.2 Å². The number of thiophene rings is 1. The van der Waals surface area contributed by atoms with E-state index in [-0.39, 0.29) is 0 Å². The molecular formula is C21H29N3OS. The van der Waals surface area contributed by atoms with Gasteiger partial charge in [0, 0.05) is 23.9 Å². The van der Waals surface area contributed by atoms with E-state index in [4.69, 9.17) is 14.7 Å². The van der Waals surface area contributed by atoms with E-state index in [1.807, 2.05) is 11.3 Å². The van der Waals surface area contributed by atoms with Gasteiger partial charge in [-0.25, -0.2) is 9.97 Å². The first-order chi connectivity index (χ1) is 12.8. The van der Waals surface area contributed by atoms with E-state index in [2.05, 4.69) is 11.8 Å². The highest BCUT2D eigenvalue weighted by atomic mass is 32.1. The first-order valence-corrected chi connectivity index (χ1v) is 11.3. The van der Waals surface area contributed by atoms with E-state index >= 15 is 0 Å². The summed E-state index contributed by atoms with van der Waals surface area (Å²) < 4.78 is 5.61. The minimum Gasteiger partial charge on any atom is -0.378 e. The van der Waals surface area contributed by atoms with Crippen LogP contribution in [0.2, 0.25) is 0 Å². The van der Waals surface area contributed by atoms with E-state index < -0.39 is 0 Å². The van der Waals surface area contributed by atoms with Crippen molar-refractivity contribution in [3.63, 3.8) is 0 Å². The number of hydrogen-bond donors (Lipinski definition) is 0. The fourth-order valence-electron chi connectivity index (χ4n) is 4.89. The highest BCUT2D eigenvalue weighted by Crippen LogP contribution is 2.42. The normalized spacial score (nSPS) is 24.8. The molecule has 1 atom stereocenters. The lowest BCUT2D eigenvalue weighted by Crippen LogP contribution is -2.37. The summed E-state index contributed by atoms with van der Waals surface area (Å²) in [6.45, 7) is 5.92. The van der Waals surface area contributed by atoms with Crippen LogP contribution in [0.15, 0.2) is 0 Å². The quantitative estimate of drug-likeness (QED) is 0.767. The standard InChI is InChI=1S/C21H29N3OS/c1-14-7-8-16-17(13-14)26-21-18(16)20(24-9-11-25-12-10-24)22-19(23-21)15-5-3-2-4-6-15/h14-15H,2-13H2,1H3/t14-/m0/s1. The molecule has 3 heterocycles. The first kappa shape index (κ1) is 16.9. The first-order valence-electron chi connectivity index (χ1n) is 10.4. The predicted octanol–water partition coefficient (Wildman–Crippen LogP) is 4.70. The molecule has 26 heavy (non-hydrogen) atoms. The maximum absolute atomic E-state index is 5.61. The lowest BCUT2D eigenvalue weighted by Gasteiger charge is -2.30. The van der Waals surface area contributed by atoms with Gasteiger partial charge in [0.25, 0.3) is 0 Å². The molecule has 2 aliphatic carbocycles. The minimum atomic E-state index is 0.561. The van der Waals surface area contributed by atoms with Gasteiger partial charge in [0.05, 0.1) is 18.6 Å². The predicted molar refractivity (Wildman–Crippen MR) is 107 cm³/mol. The SMILES string of the molecule is C[C@H]1CCc2c(sc3nc(C4CCCCC4)nc(N4CCOCC4)c23)C1. The molecule has 0 unspecified atom stereocenters. The number of aryl methyl sites for hydroxylation is 1. The fourth-order valence-corrected chi connectivity index (χ4v) is 6.27. The summed E-state index contributed by atoms with van der Waals surface area (Å²) in [4.78, 5) is 15.6. The van der Waals surface area contributed by atoms with Crippen molar-refractivity contribution in [2.24, 2.45) is 5.92 Å². The van der Waals surface area contributed by atoms with Gasteiger partial charge < -0.3 is 9.64 Å². The number of anilines is 1. The molecule has 3 aliphatic rings. The third-order valence-electron chi connectivity index (χ3n) is 6.43. The Hall–Kier alpha value is -1.20. The van der Waals surface area contributed by atoms with Crippen LogP contribution in [0.4, 0.5) is 5.82 Å². The summed E-state index contributed by atoms with van der Waals surface area (Å²) in [5, 5.41) is 1.37. The number of nitrogens with zero attached hydrogens (tertiary/aromatic N) is 3. The molecule has 1 aliphatic heterocycles. The Labute approximate surface area is 160 Å². The molecule has 5 heteroatoms. The number of rotatable bonds is 2. The van der Waals surface area contributed by atoms with Gasteiger partial charge in [-0.05, 0) is 43.6 Å². The number of hydrogen-bond acceptors (Lipinski definition) is 5. The fraction of sp³-hybridized carbons (Fsp3) is 0.714. The second-order valence-electron chi connectivity index (χ2n) is 8.37. The average Bonchev–Trinajstić information content (AvgIpc) is 3.06. The Balaban J connectivity index is 1.64. The molecule has 0 N–H and O–H groups in total. The van der Waals surface area contributed by atoms with Crippen molar-refractivity contribution >= 4 is 27.4 Å². The van der Waals surface area contributed by atoms with Crippen LogP contribution in [0.1, 0.15) is 67.6 Å². The molecule has 0 amide bonds. The number of aromatic nitrogens is 2. The van der Waals surface area contributed by atoms with Crippen molar-refractivity contribution in [3.05, 3.63) is 16.3 Å². The number of ether oxygens (including phenoxy) is 1. The molecule has 1 saturated carbocycles. The van der Waals surface area contributed by atoms with E-state index in [9.17, 15) is 0 Å². The van der Waals surface area contributed by atoms with Crippen molar-refractivity contribution in [2.45, 2.75) is 64.2 Å². The van der Waals surface area contributed by atoms with Crippen LogP contribution < -0.4 is 4.90 Å². The molecule has 5 rings (SSSR count). The van der Waals surface area contributed by atoms with Gasteiger partial charge >= 0.3 is 0 Å². The summed E-state index contributed by atoms with van der Waals surface area (Å²) >= 11 is 1.95. The highest BCUT2D eigenvalue weighted by molar-refractivity contribution is 7.19. The monoisotopic (exact) mass is 371 g/mol. The summed E-state index contributed by atoms with van der Waals surface area (Å²) in [7, 11) is 0. The Morgan fingerprint density at radius 3 is 2.65 bits per heavy atom. The molecule has 1 saturated heterocycles. The van der Waals surface area contributed by atoms with E-state index in [1.165, 1.54) is 67.4 Å². The third kappa shape index (κ3) is 3.03. The van der Waals surface area contributed by atoms with Crippen LogP contribution in [0.25, 0.3) is 10.2 Å². The van der Waals surface area contributed by atoms with Gasteiger partial charge in [0.15, 0.2) is 0 Å². The molecule has 0 radical (unpaired) electrons.